The summed E-state index contributed by atoms with van der Waals surface area (Å²) in [6, 6.07) is -5.96. The molecule has 0 aromatic carbocycles. The van der Waals surface area contributed by atoms with Crippen molar-refractivity contribution in [2.24, 2.45) is 17.4 Å². The zero-order chi connectivity index (χ0) is 27.7. The molecule has 36 heavy (non-hydrogen) atoms. The third-order valence-electron chi connectivity index (χ3n) is 5.72. The number of aliphatic hydroxyl groups excluding tert-OH is 1. The molecule has 14 nitrogen and oxygen atoms in total. The number of nitrogens with two attached hydrogens (primary N) is 2. The minimum Gasteiger partial charge on any atom is -0.480 e. The first kappa shape index (κ1) is 30.8. The van der Waals surface area contributed by atoms with E-state index >= 15 is 0 Å². The van der Waals surface area contributed by atoms with E-state index in [0.29, 0.717) is 25.8 Å². The smallest absolute Gasteiger partial charge is 0.326 e. The minimum atomic E-state index is -1.59. The van der Waals surface area contributed by atoms with Crippen LogP contribution in [0, 0.1) is 5.92 Å². The molecule has 1 aliphatic heterocycles. The van der Waals surface area contributed by atoms with Gasteiger partial charge in [-0.1, -0.05) is 13.8 Å². The fourth-order valence-corrected chi connectivity index (χ4v) is 3.85. The van der Waals surface area contributed by atoms with Gasteiger partial charge >= 0.3 is 5.97 Å². The zero-order valence-electron chi connectivity index (χ0n) is 21.0. The number of amides is 5. The third-order valence-corrected chi connectivity index (χ3v) is 5.72. The van der Waals surface area contributed by atoms with Gasteiger partial charge < -0.3 is 42.5 Å². The van der Waals surface area contributed by atoms with E-state index in [1.165, 1.54) is 18.7 Å². The van der Waals surface area contributed by atoms with E-state index < -0.39 is 72.3 Å². The lowest BCUT2D eigenvalue weighted by Gasteiger charge is -2.29. The molecule has 204 valence electrons. The zero-order valence-corrected chi connectivity index (χ0v) is 21.0. The highest BCUT2D eigenvalue weighted by atomic mass is 16.4. The number of carbonyl (C=O) groups excluding carboxylic acids is 5. The number of likely N-dealkylation sites (tertiary alicyclic amines) is 1. The number of carbonyl (C=O) groups is 6. The Hall–Kier alpha value is -3.26. The van der Waals surface area contributed by atoms with Crippen LogP contribution in [-0.4, -0.2) is 93.5 Å². The van der Waals surface area contributed by atoms with Crippen LogP contribution in [0.3, 0.4) is 0 Å². The number of aliphatic hydroxyl groups is 1. The maximum absolute atomic E-state index is 12.9. The largest absolute Gasteiger partial charge is 0.480 e. The Morgan fingerprint density at radius 3 is 2.11 bits per heavy atom. The van der Waals surface area contributed by atoms with E-state index in [4.69, 9.17) is 16.6 Å². The average molecular weight is 515 g/mol. The monoisotopic (exact) mass is 514 g/mol. The van der Waals surface area contributed by atoms with Gasteiger partial charge in [0.1, 0.15) is 24.2 Å². The lowest BCUT2D eigenvalue weighted by Crippen LogP contribution is -2.60. The average Bonchev–Trinajstić information content (AvgIpc) is 3.24. The summed E-state index contributed by atoms with van der Waals surface area (Å²) in [7, 11) is 0. The Balaban J connectivity index is 2.84. The first-order valence-electron chi connectivity index (χ1n) is 11.8. The predicted octanol–water partition coefficient (Wildman–Crippen LogP) is -2.83. The molecule has 0 bridgehead atoms. The van der Waals surface area contributed by atoms with E-state index in [1.807, 2.05) is 13.8 Å². The number of nitrogens with one attached hydrogen (secondary N) is 3. The number of rotatable bonds is 13. The van der Waals surface area contributed by atoms with Gasteiger partial charge in [-0.2, -0.15) is 0 Å². The van der Waals surface area contributed by atoms with Crippen molar-refractivity contribution in [1.29, 1.82) is 0 Å². The van der Waals surface area contributed by atoms with Gasteiger partial charge in [0.15, 0.2) is 0 Å². The maximum Gasteiger partial charge on any atom is 0.326 e. The summed E-state index contributed by atoms with van der Waals surface area (Å²) < 4.78 is 0. The van der Waals surface area contributed by atoms with Crippen LogP contribution in [0.2, 0.25) is 0 Å². The molecule has 6 atom stereocenters. The van der Waals surface area contributed by atoms with Crippen molar-refractivity contribution in [3.63, 3.8) is 0 Å². The fourth-order valence-electron chi connectivity index (χ4n) is 3.85. The lowest BCUT2D eigenvalue weighted by molar-refractivity contribution is -0.143. The van der Waals surface area contributed by atoms with Crippen LogP contribution in [0.4, 0.5) is 0 Å². The highest BCUT2D eigenvalue weighted by Crippen LogP contribution is 2.20. The van der Waals surface area contributed by atoms with E-state index in [9.17, 15) is 33.9 Å². The van der Waals surface area contributed by atoms with Crippen LogP contribution in [0.5, 0.6) is 0 Å². The van der Waals surface area contributed by atoms with Crippen molar-refractivity contribution < 1.29 is 39.0 Å². The molecule has 5 amide bonds. The summed E-state index contributed by atoms with van der Waals surface area (Å²) in [6.45, 7) is 6.70. The predicted molar refractivity (Wildman–Crippen MR) is 127 cm³/mol. The molecule has 14 heteroatoms. The Morgan fingerprint density at radius 1 is 1.00 bits per heavy atom. The Bertz CT molecular complexity index is 848. The van der Waals surface area contributed by atoms with Crippen molar-refractivity contribution in [3.8, 4) is 0 Å². The minimum absolute atomic E-state index is 0.183. The van der Waals surface area contributed by atoms with Gasteiger partial charge in [-0.15, -0.1) is 0 Å². The summed E-state index contributed by atoms with van der Waals surface area (Å²) in [5, 5.41) is 26.0. The molecule has 1 heterocycles. The van der Waals surface area contributed by atoms with Crippen molar-refractivity contribution >= 4 is 35.5 Å². The molecule has 9 N–H and O–H groups in total. The van der Waals surface area contributed by atoms with Gasteiger partial charge in [-0.05, 0) is 39.0 Å². The first-order valence-corrected chi connectivity index (χ1v) is 11.8. The standard InChI is InChI=1S/C22H38N6O8/c1-10(2)8-13(23)21(34)28-7-5-6-15(28)19(32)27-17(12(4)29)20(33)25-11(3)18(31)26-14(22(35)36)9-16(24)30/h10-15,17,29H,5-9,23H2,1-4H3,(H2,24,30)(H,25,33)(H,26,31)(H,27,32)(H,35,36)/t11-,12+,13-,14-,15-,17-/m0/s1. The second-order valence-corrected chi connectivity index (χ2v) is 9.45. The molecule has 0 spiro atoms. The lowest BCUT2D eigenvalue weighted by atomic mass is 10.0. The molecule has 0 aromatic rings. The molecule has 1 rings (SSSR count). The Kier molecular flexibility index (Phi) is 11.7. The van der Waals surface area contributed by atoms with Crippen molar-refractivity contribution in [3.05, 3.63) is 0 Å². The van der Waals surface area contributed by atoms with Crippen LogP contribution in [0.1, 0.15) is 53.4 Å². The Labute approximate surface area is 209 Å². The molecule has 0 radical (unpaired) electrons. The highest BCUT2D eigenvalue weighted by Gasteiger charge is 2.38. The second-order valence-electron chi connectivity index (χ2n) is 9.45. The molecule has 0 aromatic heterocycles. The summed E-state index contributed by atoms with van der Waals surface area (Å²) in [5.41, 5.74) is 11.0. The summed E-state index contributed by atoms with van der Waals surface area (Å²) in [4.78, 5) is 74.3. The van der Waals surface area contributed by atoms with Gasteiger partial charge in [0, 0.05) is 6.54 Å². The number of aliphatic carboxylic acids is 1. The van der Waals surface area contributed by atoms with E-state index in [1.54, 1.807) is 0 Å². The summed E-state index contributed by atoms with van der Waals surface area (Å²) >= 11 is 0. The SMILES string of the molecule is CC(C)C[C@H](N)C(=O)N1CCC[C@H]1C(=O)N[C@H](C(=O)N[C@@H](C)C(=O)N[C@@H](CC(N)=O)C(=O)O)[C@@H](C)O. The first-order chi connectivity index (χ1) is 16.6. The summed E-state index contributed by atoms with van der Waals surface area (Å²) in [5.74, 6) is -5.09. The number of nitrogens with zero attached hydrogens (tertiary/aromatic N) is 1. The number of hydrogen-bond donors (Lipinski definition) is 7. The van der Waals surface area contributed by atoms with Gasteiger partial charge in [-0.3, -0.25) is 24.0 Å². The van der Waals surface area contributed by atoms with Crippen LogP contribution in [0.15, 0.2) is 0 Å². The van der Waals surface area contributed by atoms with Crippen molar-refractivity contribution in [2.45, 2.75) is 89.7 Å². The molecule has 0 saturated carbocycles. The summed E-state index contributed by atoms with van der Waals surface area (Å²) in [6.07, 6.45) is -0.637. The number of hydrogen-bond acceptors (Lipinski definition) is 8. The number of carboxylic acids is 1. The van der Waals surface area contributed by atoms with Crippen molar-refractivity contribution in [2.75, 3.05) is 6.54 Å². The molecule has 1 saturated heterocycles. The third kappa shape index (κ3) is 9.07. The van der Waals surface area contributed by atoms with Crippen LogP contribution < -0.4 is 27.4 Å². The highest BCUT2D eigenvalue weighted by molar-refractivity contribution is 5.96. The normalized spacial score (nSPS) is 19.5. The fraction of sp³-hybridized carbons (Fsp3) is 0.727. The molecular formula is C22H38N6O8. The van der Waals surface area contributed by atoms with Crippen LogP contribution in [-0.2, 0) is 28.8 Å². The van der Waals surface area contributed by atoms with Gasteiger partial charge in [0.2, 0.25) is 29.5 Å². The van der Waals surface area contributed by atoms with E-state index in [2.05, 4.69) is 16.0 Å². The molecule has 1 fully saturated rings. The quantitative estimate of drug-likeness (QED) is 0.134. The molecule has 0 unspecified atom stereocenters. The van der Waals surface area contributed by atoms with E-state index in [0.717, 1.165) is 0 Å². The molecule has 1 aliphatic rings. The topological polar surface area (TPSA) is 234 Å². The van der Waals surface area contributed by atoms with Gasteiger partial charge in [-0.25, -0.2) is 4.79 Å². The van der Waals surface area contributed by atoms with Crippen LogP contribution >= 0.6 is 0 Å². The number of carboxylic acid groups (broad SMARTS) is 1. The van der Waals surface area contributed by atoms with Crippen molar-refractivity contribution in [1.82, 2.24) is 20.9 Å². The van der Waals surface area contributed by atoms with E-state index in [-0.39, 0.29) is 11.8 Å². The number of primary amides is 1. The second kappa shape index (κ2) is 13.7. The molecular weight excluding hydrogens is 476 g/mol. The van der Waals surface area contributed by atoms with Gasteiger partial charge in [0.05, 0.1) is 18.6 Å². The molecule has 0 aliphatic carbocycles. The Morgan fingerprint density at radius 2 is 1.61 bits per heavy atom. The van der Waals surface area contributed by atoms with Crippen LogP contribution in [0.25, 0.3) is 0 Å². The maximum atomic E-state index is 12.9. The van der Waals surface area contributed by atoms with Gasteiger partial charge in [0.25, 0.3) is 0 Å².